The zero-order valence-corrected chi connectivity index (χ0v) is 17.1. The molecular formula is C21H21F2N5O4. The first-order chi connectivity index (χ1) is 15.3. The molecule has 3 aliphatic rings. The number of pyridine rings is 1. The van der Waals surface area contributed by atoms with E-state index in [0.717, 1.165) is 24.7 Å². The van der Waals surface area contributed by atoms with Gasteiger partial charge in [-0.05, 0) is 31.4 Å². The number of nitrogens with two attached hydrogens (primary N) is 1. The van der Waals surface area contributed by atoms with Crippen LogP contribution >= 0.6 is 0 Å². The Bertz CT molecular complexity index is 1270. The van der Waals surface area contributed by atoms with Crippen LogP contribution in [0.4, 0.5) is 20.2 Å². The van der Waals surface area contributed by atoms with Gasteiger partial charge in [0.15, 0.2) is 11.6 Å². The number of hydrogen-bond donors (Lipinski definition) is 2. The third kappa shape index (κ3) is 3.15. The van der Waals surface area contributed by atoms with Gasteiger partial charge in [0.1, 0.15) is 5.69 Å². The highest BCUT2D eigenvalue weighted by atomic mass is 19.1. The summed E-state index contributed by atoms with van der Waals surface area (Å²) in [5, 5.41) is 13.7. The fourth-order valence-electron chi connectivity index (χ4n) is 4.69. The maximum absolute atomic E-state index is 15.9. The number of nitro groups is 1. The predicted molar refractivity (Wildman–Crippen MR) is 114 cm³/mol. The van der Waals surface area contributed by atoms with Gasteiger partial charge in [-0.15, -0.1) is 0 Å². The molecular weight excluding hydrogens is 424 g/mol. The van der Waals surface area contributed by atoms with Gasteiger partial charge >= 0.3 is 0 Å². The largest absolute Gasteiger partial charge is 0.396 e. The summed E-state index contributed by atoms with van der Waals surface area (Å²) < 4.78 is 32.7. The molecule has 9 nitrogen and oxygen atoms in total. The van der Waals surface area contributed by atoms with Crippen molar-refractivity contribution >= 4 is 28.1 Å². The minimum Gasteiger partial charge on any atom is -0.396 e. The molecule has 1 aromatic heterocycles. The molecule has 11 heteroatoms. The number of nitrogen functional groups attached to an aromatic ring is 1. The Hall–Kier alpha value is -3.34. The molecule has 1 saturated heterocycles. The lowest BCUT2D eigenvalue weighted by Crippen LogP contribution is -2.36. The quantitative estimate of drug-likeness (QED) is 0.236. The van der Waals surface area contributed by atoms with Crippen LogP contribution in [0.1, 0.15) is 35.7 Å². The predicted octanol–water partition coefficient (Wildman–Crippen LogP) is 1.76. The molecule has 0 radical (unpaired) electrons. The van der Waals surface area contributed by atoms with Gasteiger partial charge < -0.3 is 20.5 Å². The lowest BCUT2D eigenvalue weighted by Gasteiger charge is -2.23. The van der Waals surface area contributed by atoms with Gasteiger partial charge in [-0.3, -0.25) is 19.7 Å². The summed E-state index contributed by atoms with van der Waals surface area (Å²) in [6, 6.07) is -0.203. The maximum atomic E-state index is 15.9. The van der Waals surface area contributed by atoms with Gasteiger partial charge in [0.25, 0.3) is 6.54 Å². The number of halogens is 2. The van der Waals surface area contributed by atoms with Crippen molar-refractivity contribution in [1.82, 2.24) is 9.88 Å². The average Bonchev–Trinajstić information content (AvgIpc) is 3.50. The van der Waals surface area contributed by atoms with E-state index in [0.29, 0.717) is 25.9 Å². The van der Waals surface area contributed by atoms with Crippen molar-refractivity contribution in [2.75, 3.05) is 36.8 Å². The number of Topliss-reactive ketones (excluding diaryl/α,β-unsaturated/α-hetero) is 1. The highest BCUT2D eigenvalue weighted by molar-refractivity contribution is 6.03. The van der Waals surface area contributed by atoms with E-state index in [2.05, 4.69) is 11.4 Å². The SMILES string of the molecule is Nc1c(F)c(N2CC3=CCCNC3C2)c(F)c2c1c(=O)c(C(=O)C[N+](=O)[O-])cn2C1CC1. The average molecular weight is 445 g/mol. The highest BCUT2D eigenvalue weighted by Crippen LogP contribution is 2.42. The van der Waals surface area contributed by atoms with Crippen molar-refractivity contribution < 1.29 is 18.5 Å². The van der Waals surface area contributed by atoms with Gasteiger partial charge in [0.05, 0.1) is 22.2 Å². The number of carbonyl (C=O) groups is 1. The fourth-order valence-corrected chi connectivity index (χ4v) is 4.69. The fraction of sp³-hybridized carbons (Fsp3) is 0.429. The van der Waals surface area contributed by atoms with E-state index in [4.69, 9.17) is 5.73 Å². The van der Waals surface area contributed by atoms with Crippen LogP contribution in [-0.2, 0) is 0 Å². The number of carbonyl (C=O) groups excluding carboxylic acids is 1. The van der Waals surface area contributed by atoms with Crippen molar-refractivity contribution in [2.45, 2.75) is 31.3 Å². The molecule has 1 atom stereocenters. The molecule has 2 fully saturated rings. The number of anilines is 2. The van der Waals surface area contributed by atoms with Crippen molar-refractivity contribution in [3.63, 3.8) is 0 Å². The summed E-state index contributed by atoms with van der Waals surface area (Å²) in [6.07, 6.45) is 5.42. The van der Waals surface area contributed by atoms with Crippen LogP contribution in [0, 0.1) is 21.7 Å². The van der Waals surface area contributed by atoms with Crippen LogP contribution in [-0.4, -0.2) is 47.5 Å². The summed E-state index contributed by atoms with van der Waals surface area (Å²) >= 11 is 0. The number of ketones is 1. The third-order valence-electron chi connectivity index (χ3n) is 6.36. The second-order valence-electron chi connectivity index (χ2n) is 8.49. The monoisotopic (exact) mass is 445 g/mol. The number of nitrogens with zero attached hydrogens (tertiary/aromatic N) is 3. The van der Waals surface area contributed by atoms with Crippen LogP contribution in [0.3, 0.4) is 0 Å². The van der Waals surface area contributed by atoms with E-state index in [1.165, 1.54) is 4.57 Å². The molecule has 1 unspecified atom stereocenters. The molecule has 5 rings (SSSR count). The van der Waals surface area contributed by atoms with Crippen LogP contribution in [0.5, 0.6) is 0 Å². The Morgan fingerprint density at radius 1 is 1.31 bits per heavy atom. The van der Waals surface area contributed by atoms with Crippen LogP contribution in [0.2, 0.25) is 0 Å². The Morgan fingerprint density at radius 3 is 2.72 bits per heavy atom. The molecule has 0 amide bonds. The number of aromatic nitrogens is 1. The van der Waals surface area contributed by atoms with E-state index in [1.54, 1.807) is 4.90 Å². The first kappa shape index (κ1) is 20.6. The summed E-state index contributed by atoms with van der Waals surface area (Å²) in [6.45, 7) is 0.391. The molecule has 1 aliphatic carbocycles. The van der Waals surface area contributed by atoms with Crippen molar-refractivity contribution in [1.29, 1.82) is 0 Å². The minimum absolute atomic E-state index is 0.00720. The Kier molecular flexibility index (Phi) is 4.73. The smallest absolute Gasteiger partial charge is 0.266 e. The molecule has 0 spiro atoms. The molecule has 0 bridgehead atoms. The third-order valence-corrected chi connectivity index (χ3v) is 6.36. The maximum Gasteiger partial charge on any atom is 0.266 e. The lowest BCUT2D eigenvalue weighted by molar-refractivity contribution is -0.465. The van der Waals surface area contributed by atoms with E-state index >= 15 is 8.78 Å². The van der Waals surface area contributed by atoms with Gasteiger partial charge in [0.2, 0.25) is 11.2 Å². The van der Waals surface area contributed by atoms with Crippen molar-refractivity contribution in [3.8, 4) is 0 Å². The van der Waals surface area contributed by atoms with Gasteiger partial charge in [-0.2, -0.15) is 0 Å². The van der Waals surface area contributed by atoms with Gasteiger partial charge in [0, 0.05) is 36.3 Å². The molecule has 2 aromatic rings. The van der Waals surface area contributed by atoms with E-state index in [9.17, 15) is 19.7 Å². The van der Waals surface area contributed by atoms with Crippen molar-refractivity contribution in [2.24, 2.45) is 0 Å². The number of nitrogens with one attached hydrogen (secondary N) is 1. The first-order valence-electron chi connectivity index (χ1n) is 10.5. The highest BCUT2D eigenvalue weighted by Gasteiger charge is 2.36. The zero-order valence-electron chi connectivity index (χ0n) is 17.1. The topological polar surface area (TPSA) is 124 Å². The van der Waals surface area contributed by atoms with E-state index in [1.807, 2.05) is 0 Å². The van der Waals surface area contributed by atoms with E-state index < -0.39 is 51.0 Å². The van der Waals surface area contributed by atoms with Gasteiger partial charge in [-0.1, -0.05) is 6.08 Å². The van der Waals surface area contributed by atoms with Crippen LogP contribution in [0.15, 0.2) is 22.6 Å². The summed E-state index contributed by atoms with van der Waals surface area (Å²) in [5.41, 5.74) is 4.56. The molecule has 1 aromatic carbocycles. The molecule has 3 N–H and O–H groups in total. The number of rotatable bonds is 5. The normalized spacial score (nSPS) is 20.4. The Labute approximate surface area is 180 Å². The van der Waals surface area contributed by atoms with Crippen LogP contribution < -0.4 is 21.4 Å². The van der Waals surface area contributed by atoms with Crippen molar-refractivity contribution in [3.05, 3.63) is 55.4 Å². The summed E-state index contributed by atoms with van der Waals surface area (Å²) in [7, 11) is 0. The minimum atomic E-state index is -1.09. The number of benzene rings is 1. The summed E-state index contributed by atoms with van der Waals surface area (Å²) in [5.74, 6) is -3.00. The Balaban J connectivity index is 1.73. The van der Waals surface area contributed by atoms with E-state index in [-0.39, 0.29) is 23.3 Å². The molecule has 168 valence electrons. The Morgan fingerprint density at radius 2 is 2.06 bits per heavy atom. The molecule has 3 heterocycles. The number of fused-ring (bicyclic) bond motifs is 2. The lowest BCUT2D eigenvalue weighted by atomic mass is 10.0. The number of hydrogen-bond acceptors (Lipinski definition) is 7. The molecule has 1 saturated carbocycles. The second-order valence-corrected chi connectivity index (χ2v) is 8.49. The second kappa shape index (κ2) is 7.37. The first-order valence-corrected chi connectivity index (χ1v) is 10.5. The standard InChI is InChI=1S/C21H21F2N5O4/c22-16-18(24)15-19(17(23)20(16)26-6-10-2-1-5-25-13(10)8-26)27(11-3-4-11)7-12(21(15)30)14(29)9-28(31)32/h2,7,11,13,25H,1,3-6,8-9,24H2. The molecule has 2 aliphatic heterocycles. The molecule has 32 heavy (non-hydrogen) atoms. The zero-order chi connectivity index (χ0) is 22.7. The van der Waals surface area contributed by atoms with Crippen LogP contribution in [0.25, 0.3) is 10.9 Å². The summed E-state index contributed by atoms with van der Waals surface area (Å²) in [4.78, 5) is 36.8. The van der Waals surface area contributed by atoms with Gasteiger partial charge in [-0.25, -0.2) is 8.78 Å².